The van der Waals surface area contributed by atoms with E-state index in [1.165, 1.54) is 12.1 Å². The molecule has 1 atom stereocenters. The first-order chi connectivity index (χ1) is 17.2. The summed E-state index contributed by atoms with van der Waals surface area (Å²) in [5, 5.41) is 4.68. The van der Waals surface area contributed by atoms with Crippen LogP contribution in [0.5, 0.6) is 0 Å². The number of carbonyl (C=O) groups excluding carboxylic acids is 1. The maximum Gasteiger partial charge on any atom is 0.416 e. The predicted octanol–water partition coefficient (Wildman–Crippen LogP) is 7.94. The Morgan fingerprint density at radius 2 is 1.78 bits per heavy atom. The van der Waals surface area contributed by atoms with Crippen LogP contribution in [0.4, 0.5) is 13.2 Å². The number of H-pyrrole nitrogens is 1. The number of carbonyl (C=O) groups is 1. The summed E-state index contributed by atoms with van der Waals surface area (Å²) in [6.07, 6.45) is -1.71. The zero-order chi connectivity index (χ0) is 25.9. The van der Waals surface area contributed by atoms with Crippen LogP contribution in [0.25, 0.3) is 10.9 Å². The Labute approximate surface area is 217 Å². The van der Waals surface area contributed by atoms with Crippen LogP contribution in [0.1, 0.15) is 47.1 Å². The van der Waals surface area contributed by atoms with E-state index in [9.17, 15) is 18.0 Å². The Morgan fingerprint density at radius 1 is 1.00 bits per heavy atom. The van der Waals surface area contributed by atoms with Gasteiger partial charge in [-0.3, -0.25) is 4.79 Å². The predicted molar refractivity (Wildman–Crippen MR) is 139 cm³/mol. The number of para-hydroxylation sites is 1. The molecule has 0 spiro atoms. The minimum atomic E-state index is -4.54. The standard InChI is InChI=1S/C28H25Cl2F3N2O/c1-2-17-6-5-8-21-23(16-35-27(17)21)22(20-7-3-4-9-24(20)28(31,32)33)15-26(36)34-13-12-18-10-11-19(29)14-25(18)30/h3-11,14,16,22,35H,2,12-13,15H2,1H3,(H,34,36). The maximum absolute atomic E-state index is 13.9. The lowest BCUT2D eigenvalue weighted by Crippen LogP contribution is -2.28. The third-order valence-electron chi connectivity index (χ3n) is 6.35. The van der Waals surface area contributed by atoms with Crippen LogP contribution in [-0.4, -0.2) is 17.4 Å². The molecule has 8 heteroatoms. The number of amides is 1. The van der Waals surface area contributed by atoms with Crippen molar-refractivity contribution in [1.29, 1.82) is 0 Å². The molecule has 0 aliphatic rings. The highest BCUT2D eigenvalue weighted by molar-refractivity contribution is 6.35. The van der Waals surface area contributed by atoms with Gasteiger partial charge in [0.2, 0.25) is 5.91 Å². The van der Waals surface area contributed by atoms with Crippen LogP contribution in [-0.2, 0) is 23.8 Å². The number of aryl methyl sites for hydroxylation is 1. The molecule has 1 unspecified atom stereocenters. The molecule has 0 saturated heterocycles. The van der Waals surface area contributed by atoms with E-state index in [1.54, 1.807) is 30.5 Å². The van der Waals surface area contributed by atoms with Gasteiger partial charge in [0.15, 0.2) is 0 Å². The number of benzene rings is 3. The Bertz CT molecular complexity index is 1380. The SMILES string of the molecule is CCc1cccc2c(C(CC(=O)NCCc3ccc(Cl)cc3Cl)c3ccccc3C(F)(F)F)c[nH]c12. The second kappa shape index (κ2) is 11.0. The summed E-state index contributed by atoms with van der Waals surface area (Å²) in [5.74, 6) is -1.13. The molecule has 3 nitrogen and oxygen atoms in total. The van der Waals surface area contributed by atoms with Crippen molar-refractivity contribution >= 4 is 40.0 Å². The first-order valence-electron chi connectivity index (χ1n) is 11.6. The van der Waals surface area contributed by atoms with Crippen LogP contribution in [0.3, 0.4) is 0 Å². The number of nitrogens with one attached hydrogen (secondary N) is 2. The molecule has 4 aromatic rings. The topological polar surface area (TPSA) is 44.9 Å². The van der Waals surface area contributed by atoms with E-state index in [0.717, 1.165) is 34.5 Å². The third-order valence-corrected chi connectivity index (χ3v) is 6.94. The second-order valence-corrected chi connectivity index (χ2v) is 9.46. The number of aromatic nitrogens is 1. The molecule has 36 heavy (non-hydrogen) atoms. The van der Waals surface area contributed by atoms with Crippen LogP contribution in [0, 0.1) is 0 Å². The number of hydrogen-bond donors (Lipinski definition) is 2. The Kier molecular flexibility index (Phi) is 7.96. The fourth-order valence-electron chi connectivity index (χ4n) is 4.59. The fourth-order valence-corrected chi connectivity index (χ4v) is 5.09. The quantitative estimate of drug-likeness (QED) is 0.237. The van der Waals surface area contributed by atoms with Crippen molar-refractivity contribution in [3.63, 3.8) is 0 Å². The van der Waals surface area contributed by atoms with Gasteiger partial charge >= 0.3 is 6.18 Å². The van der Waals surface area contributed by atoms with Crippen molar-refractivity contribution in [2.24, 2.45) is 0 Å². The van der Waals surface area contributed by atoms with Crippen molar-refractivity contribution in [3.05, 3.63) is 105 Å². The van der Waals surface area contributed by atoms with E-state index in [-0.39, 0.29) is 17.9 Å². The molecule has 0 aliphatic carbocycles. The minimum Gasteiger partial charge on any atom is -0.361 e. The number of fused-ring (bicyclic) bond motifs is 1. The number of alkyl halides is 3. The van der Waals surface area contributed by atoms with Crippen molar-refractivity contribution in [3.8, 4) is 0 Å². The normalized spacial score (nSPS) is 12.6. The minimum absolute atomic E-state index is 0.0729. The van der Waals surface area contributed by atoms with Crippen LogP contribution in [0.2, 0.25) is 10.0 Å². The third kappa shape index (κ3) is 5.71. The van der Waals surface area contributed by atoms with E-state index in [4.69, 9.17) is 23.2 Å². The van der Waals surface area contributed by atoms with Crippen molar-refractivity contribution in [2.45, 2.75) is 38.3 Å². The Balaban J connectivity index is 1.64. The van der Waals surface area contributed by atoms with Gasteiger partial charge in [-0.15, -0.1) is 0 Å². The van der Waals surface area contributed by atoms with Crippen molar-refractivity contribution in [1.82, 2.24) is 10.3 Å². The number of hydrogen-bond acceptors (Lipinski definition) is 1. The Morgan fingerprint density at radius 3 is 2.50 bits per heavy atom. The lowest BCUT2D eigenvalue weighted by atomic mass is 9.84. The molecule has 2 N–H and O–H groups in total. The summed E-state index contributed by atoms with van der Waals surface area (Å²) in [6, 6.07) is 16.3. The molecule has 4 rings (SSSR count). The van der Waals surface area contributed by atoms with Gasteiger partial charge in [-0.1, -0.05) is 72.6 Å². The van der Waals surface area contributed by atoms with Crippen LogP contribution >= 0.6 is 23.2 Å². The first kappa shape index (κ1) is 26.1. The molecule has 1 amide bonds. The molecule has 0 bridgehead atoms. The molecule has 1 aromatic heterocycles. The first-order valence-corrected chi connectivity index (χ1v) is 12.4. The number of rotatable bonds is 8. The van der Waals surface area contributed by atoms with Gasteiger partial charge in [-0.25, -0.2) is 0 Å². The summed E-state index contributed by atoms with van der Waals surface area (Å²) in [5.41, 5.74) is 2.76. The summed E-state index contributed by atoms with van der Waals surface area (Å²) in [6.45, 7) is 2.31. The molecular weight excluding hydrogens is 508 g/mol. The average molecular weight is 533 g/mol. The van der Waals surface area contributed by atoms with E-state index < -0.39 is 17.7 Å². The molecule has 0 aliphatic heterocycles. The highest BCUT2D eigenvalue weighted by Crippen LogP contribution is 2.41. The zero-order valence-corrected chi connectivity index (χ0v) is 21.1. The van der Waals surface area contributed by atoms with Gasteiger partial charge < -0.3 is 10.3 Å². The largest absolute Gasteiger partial charge is 0.416 e. The molecule has 0 fully saturated rings. The van der Waals surface area contributed by atoms with Crippen molar-refractivity contribution < 1.29 is 18.0 Å². The second-order valence-electron chi connectivity index (χ2n) is 8.61. The molecule has 0 radical (unpaired) electrons. The molecule has 3 aromatic carbocycles. The van der Waals surface area contributed by atoms with Crippen LogP contribution in [0.15, 0.2) is 66.9 Å². The number of aromatic amines is 1. The summed E-state index contributed by atoms with van der Waals surface area (Å²) >= 11 is 12.1. The molecular formula is C28H25Cl2F3N2O. The van der Waals surface area contributed by atoms with Gasteiger partial charge in [0.25, 0.3) is 0 Å². The Hall–Kier alpha value is -2.96. The maximum atomic E-state index is 13.9. The van der Waals surface area contributed by atoms with Gasteiger partial charge in [0, 0.05) is 46.0 Å². The van der Waals surface area contributed by atoms with E-state index in [0.29, 0.717) is 28.6 Å². The van der Waals surface area contributed by atoms with Gasteiger partial charge in [0.05, 0.1) is 5.56 Å². The monoisotopic (exact) mass is 532 g/mol. The number of halogens is 5. The van der Waals surface area contributed by atoms with Gasteiger partial charge in [0.1, 0.15) is 0 Å². The smallest absolute Gasteiger partial charge is 0.361 e. The fraction of sp³-hybridized carbons (Fsp3) is 0.250. The van der Waals surface area contributed by atoms with E-state index in [2.05, 4.69) is 10.3 Å². The van der Waals surface area contributed by atoms with E-state index >= 15 is 0 Å². The highest BCUT2D eigenvalue weighted by atomic mass is 35.5. The van der Waals surface area contributed by atoms with E-state index in [1.807, 2.05) is 25.1 Å². The lowest BCUT2D eigenvalue weighted by molar-refractivity contribution is -0.138. The van der Waals surface area contributed by atoms with Crippen LogP contribution < -0.4 is 5.32 Å². The van der Waals surface area contributed by atoms with Crippen molar-refractivity contribution in [2.75, 3.05) is 6.54 Å². The van der Waals surface area contributed by atoms with Gasteiger partial charge in [-0.05, 0) is 53.3 Å². The zero-order valence-electron chi connectivity index (χ0n) is 19.6. The average Bonchev–Trinajstić information content (AvgIpc) is 3.27. The summed E-state index contributed by atoms with van der Waals surface area (Å²) in [7, 11) is 0. The molecule has 1 heterocycles. The lowest BCUT2D eigenvalue weighted by Gasteiger charge is -2.22. The highest BCUT2D eigenvalue weighted by Gasteiger charge is 2.36. The van der Waals surface area contributed by atoms with Gasteiger partial charge in [-0.2, -0.15) is 13.2 Å². The summed E-state index contributed by atoms with van der Waals surface area (Å²) < 4.78 is 41.8. The molecule has 0 saturated carbocycles. The molecule has 188 valence electrons. The summed E-state index contributed by atoms with van der Waals surface area (Å²) in [4.78, 5) is 16.2.